The van der Waals surface area contributed by atoms with E-state index in [9.17, 15) is 0 Å². The lowest BCUT2D eigenvalue weighted by Gasteiger charge is -2.09. The largest absolute Gasteiger partial charge is 0.228 e. The molecule has 0 atom stereocenters. The van der Waals surface area contributed by atoms with Crippen LogP contribution < -0.4 is 0 Å². The number of allylic oxidation sites excluding steroid dienone is 4. The Morgan fingerprint density at radius 3 is 2.20 bits per heavy atom. The molecule has 2 aromatic carbocycles. The lowest BCUT2D eigenvalue weighted by atomic mass is 10.0. The molecule has 3 heteroatoms. The van der Waals surface area contributed by atoms with Gasteiger partial charge in [-0.25, -0.2) is 9.97 Å². The lowest BCUT2D eigenvalue weighted by Crippen LogP contribution is -1.97. The molecule has 0 saturated heterocycles. The summed E-state index contributed by atoms with van der Waals surface area (Å²) in [5.41, 5.74) is 5.30. The van der Waals surface area contributed by atoms with Gasteiger partial charge < -0.3 is 0 Å². The van der Waals surface area contributed by atoms with Crippen molar-refractivity contribution in [2.24, 2.45) is 0 Å². The molecule has 0 amide bonds. The van der Waals surface area contributed by atoms with Crippen LogP contribution >= 0.6 is 11.6 Å². The Kier molecular flexibility index (Phi) is 4.45. The molecule has 1 aliphatic carbocycles. The van der Waals surface area contributed by atoms with Gasteiger partial charge in [-0.2, -0.15) is 0 Å². The van der Waals surface area contributed by atoms with Gasteiger partial charge in [0.25, 0.3) is 0 Å². The molecule has 0 unspecified atom stereocenters. The summed E-state index contributed by atoms with van der Waals surface area (Å²) in [6.07, 6.45) is 8.46. The quantitative estimate of drug-likeness (QED) is 0.529. The Balaban J connectivity index is 1.69. The molecule has 0 aliphatic heterocycles. The van der Waals surface area contributed by atoms with Crippen molar-refractivity contribution in [1.29, 1.82) is 0 Å². The highest BCUT2D eigenvalue weighted by atomic mass is 35.5. The highest BCUT2D eigenvalue weighted by Crippen LogP contribution is 2.27. The molecule has 25 heavy (non-hydrogen) atoms. The van der Waals surface area contributed by atoms with Crippen molar-refractivity contribution in [3.8, 4) is 22.4 Å². The van der Waals surface area contributed by atoms with Gasteiger partial charge in [-0.1, -0.05) is 84.4 Å². The van der Waals surface area contributed by atoms with E-state index < -0.39 is 0 Å². The van der Waals surface area contributed by atoms with Gasteiger partial charge in [-0.3, -0.25) is 0 Å². The number of hydrogen-bond acceptors (Lipinski definition) is 2. The fourth-order valence-electron chi connectivity index (χ4n) is 2.94. The van der Waals surface area contributed by atoms with Gasteiger partial charge >= 0.3 is 0 Å². The Labute approximate surface area is 152 Å². The number of halogens is 1. The van der Waals surface area contributed by atoms with Crippen LogP contribution in [0.4, 0.5) is 0 Å². The predicted octanol–water partition coefficient (Wildman–Crippen LogP) is 6.20. The average molecular weight is 345 g/mol. The minimum Gasteiger partial charge on any atom is -0.228 e. The minimum atomic E-state index is 0.465. The van der Waals surface area contributed by atoms with Crippen molar-refractivity contribution >= 4 is 17.2 Å². The maximum atomic E-state index is 6.24. The Morgan fingerprint density at radius 2 is 1.48 bits per heavy atom. The molecular formula is C22H17ClN2. The summed E-state index contributed by atoms with van der Waals surface area (Å²) in [7, 11) is 0. The van der Waals surface area contributed by atoms with Gasteiger partial charge in [0.15, 0.2) is 5.82 Å². The zero-order valence-electron chi connectivity index (χ0n) is 13.7. The van der Waals surface area contributed by atoms with Gasteiger partial charge in [0.1, 0.15) is 5.15 Å². The molecule has 1 aromatic heterocycles. The highest BCUT2D eigenvalue weighted by molar-refractivity contribution is 6.29. The van der Waals surface area contributed by atoms with Crippen molar-refractivity contribution < 1.29 is 0 Å². The highest BCUT2D eigenvalue weighted by Gasteiger charge is 2.10. The van der Waals surface area contributed by atoms with Gasteiger partial charge in [-0.05, 0) is 24.0 Å². The van der Waals surface area contributed by atoms with E-state index in [0.29, 0.717) is 11.0 Å². The summed E-state index contributed by atoms with van der Waals surface area (Å²) in [6.45, 7) is 0. The normalized spacial score (nSPS) is 13.6. The van der Waals surface area contributed by atoms with Crippen LogP contribution in [0.25, 0.3) is 28.0 Å². The second kappa shape index (κ2) is 7.04. The smallest absolute Gasteiger partial charge is 0.161 e. The Morgan fingerprint density at radius 1 is 0.760 bits per heavy atom. The zero-order valence-corrected chi connectivity index (χ0v) is 14.4. The standard InChI is InChI=1S/C22H17ClN2/c23-21-15-20(24-22(25-21)19-9-5-2-6-10-19)18-13-11-17(12-14-18)16-7-3-1-4-8-16/h1,3-5,7-15H,2,6H2. The summed E-state index contributed by atoms with van der Waals surface area (Å²) < 4.78 is 0. The zero-order chi connectivity index (χ0) is 17.1. The third kappa shape index (κ3) is 3.54. The SMILES string of the molecule is Clc1cc(-c2ccc(-c3ccccc3)cc2)nc(C2=CCCC=C2)n1. The van der Waals surface area contributed by atoms with Crippen LogP contribution in [-0.4, -0.2) is 9.97 Å². The molecule has 122 valence electrons. The second-order valence-corrected chi connectivity index (χ2v) is 6.37. The molecule has 0 fully saturated rings. The van der Waals surface area contributed by atoms with Gasteiger partial charge in [-0.15, -0.1) is 0 Å². The van der Waals surface area contributed by atoms with Crippen molar-refractivity contribution in [1.82, 2.24) is 9.97 Å². The van der Waals surface area contributed by atoms with Gasteiger partial charge in [0.2, 0.25) is 0 Å². The molecule has 0 radical (unpaired) electrons. The third-order valence-corrected chi connectivity index (χ3v) is 4.43. The molecular weight excluding hydrogens is 328 g/mol. The van der Waals surface area contributed by atoms with Crippen molar-refractivity contribution in [2.75, 3.05) is 0 Å². The topological polar surface area (TPSA) is 25.8 Å². The van der Waals surface area contributed by atoms with E-state index in [-0.39, 0.29) is 0 Å². The summed E-state index contributed by atoms with van der Waals surface area (Å²) in [4.78, 5) is 9.10. The molecule has 1 heterocycles. The third-order valence-electron chi connectivity index (χ3n) is 4.24. The molecule has 3 aromatic rings. The first-order valence-corrected chi connectivity index (χ1v) is 8.75. The van der Waals surface area contributed by atoms with Crippen molar-refractivity contribution in [2.45, 2.75) is 12.8 Å². The number of aromatic nitrogens is 2. The fourth-order valence-corrected chi connectivity index (χ4v) is 3.12. The van der Waals surface area contributed by atoms with Crippen LogP contribution in [0.5, 0.6) is 0 Å². The number of nitrogens with zero attached hydrogens (tertiary/aromatic N) is 2. The summed E-state index contributed by atoms with van der Waals surface area (Å²) >= 11 is 6.24. The number of hydrogen-bond donors (Lipinski definition) is 0. The van der Waals surface area contributed by atoms with Crippen LogP contribution in [0.3, 0.4) is 0 Å². The maximum Gasteiger partial charge on any atom is 0.161 e. The van der Waals surface area contributed by atoms with E-state index in [1.54, 1.807) is 0 Å². The Bertz CT molecular complexity index is 942. The summed E-state index contributed by atoms with van der Waals surface area (Å²) in [5.74, 6) is 0.686. The van der Waals surface area contributed by atoms with Crippen LogP contribution in [0.15, 0.2) is 78.9 Å². The summed E-state index contributed by atoms with van der Waals surface area (Å²) in [5, 5.41) is 0.465. The Hall–Kier alpha value is -2.71. The van der Waals surface area contributed by atoms with Crippen LogP contribution in [0.1, 0.15) is 18.7 Å². The van der Waals surface area contributed by atoms with E-state index in [1.165, 1.54) is 11.1 Å². The van der Waals surface area contributed by atoms with Gasteiger partial charge in [0.05, 0.1) is 5.69 Å². The van der Waals surface area contributed by atoms with E-state index in [2.05, 4.69) is 59.6 Å². The lowest BCUT2D eigenvalue weighted by molar-refractivity contribution is 1.03. The van der Waals surface area contributed by atoms with Crippen LogP contribution in [0.2, 0.25) is 5.15 Å². The molecule has 0 spiro atoms. The van der Waals surface area contributed by atoms with E-state index in [0.717, 1.165) is 29.7 Å². The minimum absolute atomic E-state index is 0.465. The van der Waals surface area contributed by atoms with Crippen molar-refractivity contribution in [3.63, 3.8) is 0 Å². The summed E-state index contributed by atoms with van der Waals surface area (Å²) in [6, 6.07) is 20.5. The maximum absolute atomic E-state index is 6.24. The van der Waals surface area contributed by atoms with E-state index in [1.807, 2.05) is 24.3 Å². The molecule has 0 saturated carbocycles. The van der Waals surface area contributed by atoms with Crippen molar-refractivity contribution in [3.05, 3.63) is 89.9 Å². The van der Waals surface area contributed by atoms with Crippen LogP contribution in [-0.2, 0) is 0 Å². The van der Waals surface area contributed by atoms with E-state index >= 15 is 0 Å². The number of benzene rings is 2. The number of rotatable bonds is 3. The molecule has 4 rings (SSSR count). The van der Waals surface area contributed by atoms with Crippen LogP contribution in [0, 0.1) is 0 Å². The second-order valence-electron chi connectivity index (χ2n) is 5.98. The monoisotopic (exact) mass is 344 g/mol. The first-order valence-electron chi connectivity index (χ1n) is 8.37. The van der Waals surface area contributed by atoms with Gasteiger partial charge in [0, 0.05) is 17.2 Å². The average Bonchev–Trinajstić information content (AvgIpc) is 2.69. The molecule has 0 bridgehead atoms. The molecule has 2 nitrogen and oxygen atoms in total. The predicted molar refractivity (Wildman–Crippen MR) is 104 cm³/mol. The van der Waals surface area contributed by atoms with E-state index in [4.69, 9.17) is 16.6 Å². The molecule has 1 aliphatic rings. The molecule has 0 N–H and O–H groups in total. The first-order chi connectivity index (χ1) is 12.3. The fraction of sp³-hybridized carbons (Fsp3) is 0.0909. The first kappa shape index (κ1) is 15.8.